The third kappa shape index (κ3) is 6.48. The van der Waals surface area contributed by atoms with Gasteiger partial charge in [-0.15, -0.1) is 0 Å². The van der Waals surface area contributed by atoms with Gasteiger partial charge in [-0.3, -0.25) is 0 Å². The van der Waals surface area contributed by atoms with E-state index in [1.165, 1.54) is 5.56 Å². The van der Waals surface area contributed by atoms with Crippen molar-refractivity contribution in [3.63, 3.8) is 0 Å². The molecule has 0 saturated carbocycles. The average molecular weight is 264 g/mol. The molecule has 0 spiro atoms. The van der Waals surface area contributed by atoms with Crippen LogP contribution in [-0.4, -0.2) is 19.7 Å². The molecule has 108 valence electrons. The van der Waals surface area contributed by atoms with E-state index in [4.69, 9.17) is 10.5 Å². The van der Waals surface area contributed by atoms with Crippen LogP contribution in [0.15, 0.2) is 18.2 Å². The lowest BCUT2D eigenvalue weighted by atomic mass is 10.1. The maximum atomic E-state index is 5.99. The number of hydrogen-bond donors (Lipinski definition) is 2. The lowest BCUT2D eigenvalue weighted by molar-refractivity contribution is 0.319. The number of anilines is 1. The van der Waals surface area contributed by atoms with Gasteiger partial charge in [-0.05, 0) is 56.0 Å². The summed E-state index contributed by atoms with van der Waals surface area (Å²) in [4.78, 5) is 0. The van der Waals surface area contributed by atoms with Crippen molar-refractivity contribution in [2.75, 3.05) is 25.4 Å². The van der Waals surface area contributed by atoms with Crippen molar-refractivity contribution in [1.29, 1.82) is 0 Å². The van der Waals surface area contributed by atoms with Crippen LogP contribution in [0.1, 0.15) is 39.2 Å². The zero-order valence-corrected chi connectivity index (χ0v) is 12.5. The molecule has 1 aromatic carbocycles. The molecular formula is C16H28N2O. The van der Waals surface area contributed by atoms with Crippen molar-refractivity contribution in [2.24, 2.45) is 5.92 Å². The summed E-state index contributed by atoms with van der Waals surface area (Å²) in [7, 11) is 0. The summed E-state index contributed by atoms with van der Waals surface area (Å²) in [5.74, 6) is 1.52. The Morgan fingerprint density at radius 1 is 1.32 bits per heavy atom. The molecular weight excluding hydrogens is 236 g/mol. The Bertz CT molecular complexity index is 364. The maximum Gasteiger partial charge on any atom is 0.142 e. The standard InChI is InChI=1S/C16H28N2O/c1-4-10-19-16-8-7-14(11-15(16)17)6-5-9-18-12-13(2)3/h7-8,11,13,18H,4-6,9-10,12,17H2,1-3H3. The van der Waals surface area contributed by atoms with E-state index in [1.54, 1.807) is 0 Å². The summed E-state index contributed by atoms with van der Waals surface area (Å²) in [5, 5.41) is 3.45. The van der Waals surface area contributed by atoms with E-state index >= 15 is 0 Å². The summed E-state index contributed by atoms with van der Waals surface area (Å²) >= 11 is 0. The first kappa shape index (κ1) is 15.8. The smallest absolute Gasteiger partial charge is 0.142 e. The molecule has 0 radical (unpaired) electrons. The van der Waals surface area contributed by atoms with Crippen LogP contribution in [0, 0.1) is 5.92 Å². The third-order valence-electron chi connectivity index (χ3n) is 2.91. The number of nitrogens with two attached hydrogens (primary N) is 1. The fourth-order valence-electron chi connectivity index (χ4n) is 1.91. The van der Waals surface area contributed by atoms with Gasteiger partial charge in [0.2, 0.25) is 0 Å². The largest absolute Gasteiger partial charge is 0.491 e. The second kappa shape index (κ2) is 8.81. The molecule has 0 aliphatic carbocycles. The van der Waals surface area contributed by atoms with E-state index in [0.29, 0.717) is 5.92 Å². The van der Waals surface area contributed by atoms with Gasteiger partial charge in [0.25, 0.3) is 0 Å². The highest BCUT2D eigenvalue weighted by atomic mass is 16.5. The first-order valence-corrected chi connectivity index (χ1v) is 7.35. The lowest BCUT2D eigenvalue weighted by Gasteiger charge is -2.10. The molecule has 0 saturated heterocycles. The highest BCUT2D eigenvalue weighted by molar-refractivity contribution is 5.54. The van der Waals surface area contributed by atoms with Gasteiger partial charge in [0.15, 0.2) is 0 Å². The van der Waals surface area contributed by atoms with Crippen LogP contribution in [0.2, 0.25) is 0 Å². The van der Waals surface area contributed by atoms with Crippen LogP contribution in [0.25, 0.3) is 0 Å². The molecule has 0 aliphatic heterocycles. The van der Waals surface area contributed by atoms with Gasteiger partial charge in [-0.1, -0.05) is 26.8 Å². The van der Waals surface area contributed by atoms with Gasteiger partial charge in [0.1, 0.15) is 5.75 Å². The number of rotatable bonds is 9. The molecule has 0 heterocycles. The molecule has 1 aromatic rings. The number of ether oxygens (including phenoxy) is 1. The van der Waals surface area contributed by atoms with Crippen molar-refractivity contribution in [3.05, 3.63) is 23.8 Å². The predicted octanol–water partition coefficient (Wildman–Crippen LogP) is 3.24. The van der Waals surface area contributed by atoms with Gasteiger partial charge in [-0.2, -0.15) is 0 Å². The minimum Gasteiger partial charge on any atom is -0.491 e. The first-order chi connectivity index (χ1) is 9.13. The molecule has 0 unspecified atom stereocenters. The zero-order valence-electron chi connectivity index (χ0n) is 12.5. The van der Waals surface area contributed by atoms with Crippen molar-refractivity contribution in [2.45, 2.75) is 40.0 Å². The molecule has 0 amide bonds. The van der Waals surface area contributed by atoms with Crippen LogP contribution < -0.4 is 15.8 Å². The first-order valence-electron chi connectivity index (χ1n) is 7.35. The van der Waals surface area contributed by atoms with E-state index in [1.807, 2.05) is 12.1 Å². The van der Waals surface area contributed by atoms with E-state index in [0.717, 1.165) is 50.4 Å². The Balaban J connectivity index is 2.32. The quantitative estimate of drug-likeness (QED) is 0.532. The predicted molar refractivity (Wildman–Crippen MR) is 82.7 cm³/mol. The Morgan fingerprint density at radius 3 is 2.74 bits per heavy atom. The molecule has 0 fully saturated rings. The monoisotopic (exact) mass is 264 g/mol. The molecule has 3 heteroatoms. The van der Waals surface area contributed by atoms with Gasteiger partial charge >= 0.3 is 0 Å². The van der Waals surface area contributed by atoms with Gasteiger partial charge in [0, 0.05) is 0 Å². The van der Waals surface area contributed by atoms with Crippen LogP contribution in [0.4, 0.5) is 5.69 Å². The number of nitrogens with one attached hydrogen (secondary N) is 1. The summed E-state index contributed by atoms with van der Waals surface area (Å²) in [6.07, 6.45) is 3.20. The van der Waals surface area contributed by atoms with Crippen LogP contribution in [0.3, 0.4) is 0 Å². The Morgan fingerprint density at radius 2 is 2.11 bits per heavy atom. The minimum atomic E-state index is 0.714. The maximum absolute atomic E-state index is 5.99. The SMILES string of the molecule is CCCOc1ccc(CCCNCC(C)C)cc1N. The van der Waals surface area contributed by atoms with E-state index in [2.05, 4.69) is 32.2 Å². The number of hydrogen-bond acceptors (Lipinski definition) is 3. The Hall–Kier alpha value is -1.22. The molecule has 0 atom stereocenters. The summed E-state index contributed by atoms with van der Waals surface area (Å²) in [5.41, 5.74) is 8.03. The van der Waals surface area contributed by atoms with Crippen LogP contribution in [0.5, 0.6) is 5.75 Å². The second-order valence-corrected chi connectivity index (χ2v) is 5.42. The molecule has 3 N–H and O–H groups in total. The number of benzene rings is 1. The highest BCUT2D eigenvalue weighted by Gasteiger charge is 2.02. The fraction of sp³-hybridized carbons (Fsp3) is 0.625. The van der Waals surface area contributed by atoms with Gasteiger partial charge < -0.3 is 15.8 Å². The Labute approximate surface area is 117 Å². The van der Waals surface area contributed by atoms with E-state index in [-0.39, 0.29) is 0 Å². The molecule has 0 aromatic heterocycles. The number of aryl methyl sites for hydroxylation is 1. The average Bonchev–Trinajstić information content (AvgIpc) is 2.37. The molecule has 3 nitrogen and oxygen atoms in total. The van der Waals surface area contributed by atoms with Gasteiger partial charge in [-0.25, -0.2) is 0 Å². The van der Waals surface area contributed by atoms with Crippen molar-refractivity contribution in [3.8, 4) is 5.75 Å². The Kier molecular flexibility index (Phi) is 7.34. The summed E-state index contributed by atoms with van der Waals surface area (Å²) < 4.78 is 5.57. The highest BCUT2D eigenvalue weighted by Crippen LogP contribution is 2.23. The van der Waals surface area contributed by atoms with Crippen molar-refractivity contribution in [1.82, 2.24) is 5.32 Å². The minimum absolute atomic E-state index is 0.714. The van der Waals surface area contributed by atoms with Gasteiger partial charge in [0.05, 0.1) is 12.3 Å². The topological polar surface area (TPSA) is 47.3 Å². The second-order valence-electron chi connectivity index (χ2n) is 5.42. The van der Waals surface area contributed by atoms with Crippen molar-refractivity contribution < 1.29 is 4.74 Å². The lowest BCUT2D eigenvalue weighted by Crippen LogP contribution is -2.21. The molecule has 0 bridgehead atoms. The number of nitrogen functional groups attached to an aromatic ring is 1. The van der Waals surface area contributed by atoms with E-state index < -0.39 is 0 Å². The fourth-order valence-corrected chi connectivity index (χ4v) is 1.91. The van der Waals surface area contributed by atoms with Crippen molar-refractivity contribution >= 4 is 5.69 Å². The van der Waals surface area contributed by atoms with Crippen LogP contribution in [-0.2, 0) is 6.42 Å². The third-order valence-corrected chi connectivity index (χ3v) is 2.91. The molecule has 1 rings (SSSR count). The normalized spacial score (nSPS) is 10.9. The zero-order chi connectivity index (χ0) is 14.1. The summed E-state index contributed by atoms with van der Waals surface area (Å²) in [6.45, 7) is 9.42. The summed E-state index contributed by atoms with van der Waals surface area (Å²) in [6, 6.07) is 6.14. The molecule has 19 heavy (non-hydrogen) atoms. The molecule has 0 aliphatic rings. The van der Waals surface area contributed by atoms with Crippen LogP contribution >= 0.6 is 0 Å². The van der Waals surface area contributed by atoms with E-state index in [9.17, 15) is 0 Å².